The van der Waals surface area contributed by atoms with E-state index in [4.69, 9.17) is 4.74 Å². The van der Waals surface area contributed by atoms with E-state index in [1.54, 1.807) is 18.9 Å². The van der Waals surface area contributed by atoms with E-state index in [0.717, 1.165) is 12.2 Å². The molecule has 2 heteroatoms. The SMILES string of the molecule is CCc1ccc(Sc2ccc(OC)cc2C)cc1. The lowest BCUT2D eigenvalue weighted by molar-refractivity contribution is 0.414. The summed E-state index contributed by atoms with van der Waals surface area (Å²) in [4.78, 5) is 2.56. The van der Waals surface area contributed by atoms with Crippen molar-refractivity contribution < 1.29 is 4.74 Å². The molecule has 2 aromatic carbocycles. The van der Waals surface area contributed by atoms with Crippen LogP contribution in [-0.2, 0) is 6.42 Å². The summed E-state index contributed by atoms with van der Waals surface area (Å²) in [5.41, 5.74) is 2.63. The van der Waals surface area contributed by atoms with Gasteiger partial charge in [0.2, 0.25) is 0 Å². The molecular weight excluding hydrogens is 240 g/mol. The van der Waals surface area contributed by atoms with Crippen molar-refractivity contribution in [3.63, 3.8) is 0 Å². The predicted molar refractivity (Wildman–Crippen MR) is 77.7 cm³/mol. The molecule has 0 N–H and O–H groups in total. The van der Waals surface area contributed by atoms with Gasteiger partial charge in [0.05, 0.1) is 7.11 Å². The fraction of sp³-hybridized carbons (Fsp3) is 0.250. The summed E-state index contributed by atoms with van der Waals surface area (Å²) in [6.07, 6.45) is 1.09. The summed E-state index contributed by atoms with van der Waals surface area (Å²) in [5.74, 6) is 0.915. The van der Waals surface area contributed by atoms with E-state index in [2.05, 4.69) is 50.2 Å². The Morgan fingerprint density at radius 2 is 1.78 bits per heavy atom. The van der Waals surface area contributed by atoms with Crippen LogP contribution in [0.15, 0.2) is 52.3 Å². The number of aryl methyl sites for hydroxylation is 2. The molecule has 1 nitrogen and oxygen atoms in total. The molecule has 0 radical (unpaired) electrons. The lowest BCUT2D eigenvalue weighted by atomic mass is 10.2. The standard InChI is InChI=1S/C16H18OS/c1-4-13-5-8-15(9-6-13)18-16-10-7-14(17-3)11-12(16)2/h5-11H,4H2,1-3H3. The first kappa shape index (κ1) is 13.0. The van der Waals surface area contributed by atoms with Crippen LogP contribution >= 0.6 is 11.8 Å². The zero-order valence-corrected chi connectivity index (χ0v) is 11.9. The smallest absolute Gasteiger partial charge is 0.119 e. The van der Waals surface area contributed by atoms with Crippen LogP contribution in [0.25, 0.3) is 0 Å². The van der Waals surface area contributed by atoms with Gasteiger partial charge in [-0.15, -0.1) is 0 Å². The van der Waals surface area contributed by atoms with Crippen LogP contribution in [0.4, 0.5) is 0 Å². The minimum Gasteiger partial charge on any atom is -0.497 e. The van der Waals surface area contributed by atoms with Crippen molar-refractivity contribution in [2.75, 3.05) is 7.11 Å². The first-order valence-corrected chi connectivity index (χ1v) is 6.96. The van der Waals surface area contributed by atoms with Crippen LogP contribution < -0.4 is 4.74 Å². The van der Waals surface area contributed by atoms with Gasteiger partial charge >= 0.3 is 0 Å². The van der Waals surface area contributed by atoms with Crippen molar-refractivity contribution in [2.24, 2.45) is 0 Å². The third kappa shape index (κ3) is 3.08. The number of ether oxygens (including phenoxy) is 1. The van der Waals surface area contributed by atoms with Crippen LogP contribution in [0.1, 0.15) is 18.1 Å². The highest BCUT2D eigenvalue weighted by Gasteiger charge is 2.03. The quantitative estimate of drug-likeness (QED) is 0.785. The number of hydrogen-bond donors (Lipinski definition) is 0. The van der Waals surface area contributed by atoms with Gasteiger partial charge in [-0.3, -0.25) is 0 Å². The van der Waals surface area contributed by atoms with Crippen LogP contribution in [0.2, 0.25) is 0 Å². The van der Waals surface area contributed by atoms with Gasteiger partial charge in [0.15, 0.2) is 0 Å². The molecule has 2 rings (SSSR count). The number of methoxy groups -OCH3 is 1. The molecule has 0 fully saturated rings. The van der Waals surface area contributed by atoms with Crippen LogP contribution in [0.3, 0.4) is 0 Å². The number of hydrogen-bond acceptors (Lipinski definition) is 2. The van der Waals surface area contributed by atoms with Gasteiger partial charge < -0.3 is 4.74 Å². The van der Waals surface area contributed by atoms with Crippen molar-refractivity contribution in [3.8, 4) is 5.75 Å². The Kier molecular flexibility index (Phi) is 4.32. The van der Waals surface area contributed by atoms with E-state index in [-0.39, 0.29) is 0 Å². The van der Waals surface area contributed by atoms with E-state index >= 15 is 0 Å². The first-order chi connectivity index (χ1) is 8.72. The number of rotatable bonds is 4. The van der Waals surface area contributed by atoms with Gasteiger partial charge in [-0.2, -0.15) is 0 Å². The second-order valence-electron chi connectivity index (χ2n) is 4.23. The summed E-state index contributed by atoms with van der Waals surface area (Å²) < 4.78 is 5.22. The maximum Gasteiger partial charge on any atom is 0.119 e. The highest BCUT2D eigenvalue weighted by molar-refractivity contribution is 7.99. The molecule has 0 heterocycles. The van der Waals surface area contributed by atoms with Gasteiger partial charge in [0.25, 0.3) is 0 Å². The fourth-order valence-corrected chi connectivity index (χ4v) is 2.67. The molecule has 0 unspecified atom stereocenters. The molecule has 0 bridgehead atoms. The molecular formula is C16H18OS. The summed E-state index contributed by atoms with van der Waals surface area (Å²) in [6, 6.07) is 15.0. The van der Waals surface area contributed by atoms with Gasteiger partial charge in [-0.05, 0) is 54.8 Å². The van der Waals surface area contributed by atoms with Crippen LogP contribution in [0, 0.1) is 6.92 Å². The molecule has 0 aromatic heterocycles. The summed E-state index contributed by atoms with van der Waals surface area (Å²) in [5, 5.41) is 0. The second-order valence-corrected chi connectivity index (χ2v) is 5.35. The molecule has 0 aliphatic heterocycles. The highest BCUT2D eigenvalue weighted by Crippen LogP contribution is 2.32. The topological polar surface area (TPSA) is 9.23 Å². The zero-order chi connectivity index (χ0) is 13.0. The molecule has 2 aromatic rings. The van der Waals surface area contributed by atoms with E-state index < -0.39 is 0 Å². The summed E-state index contributed by atoms with van der Waals surface area (Å²) >= 11 is 1.80. The van der Waals surface area contributed by atoms with E-state index in [9.17, 15) is 0 Å². The Hall–Kier alpha value is -1.41. The Balaban J connectivity index is 2.17. The highest BCUT2D eigenvalue weighted by atomic mass is 32.2. The van der Waals surface area contributed by atoms with Crippen molar-refractivity contribution in [1.29, 1.82) is 0 Å². The monoisotopic (exact) mass is 258 g/mol. The van der Waals surface area contributed by atoms with Crippen molar-refractivity contribution in [2.45, 2.75) is 30.1 Å². The summed E-state index contributed by atoms with van der Waals surface area (Å²) in [6.45, 7) is 4.29. The van der Waals surface area contributed by atoms with Crippen molar-refractivity contribution in [3.05, 3.63) is 53.6 Å². The molecule has 0 aliphatic rings. The van der Waals surface area contributed by atoms with Crippen LogP contribution in [-0.4, -0.2) is 7.11 Å². The summed E-state index contributed by atoms with van der Waals surface area (Å²) in [7, 11) is 1.70. The normalized spacial score (nSPS) is 10.4. The second kappa shape index (κ2) is 5.96. The third-order valence-corrected chi connectivity index (χ3v) is 4.13. The molecule has 0 amide bonds. The average Bonchev–Trinajstić information content (AvgIpc) is 2.42. The predicted octanol–water partition coefficient (Wildman–Crippen LogP) is 4.72. The van der Waals surface area contributed by atoms with E-state index in [1.165, 1.54) is 20.9 Å². The van der Waals surface area contributed by atoms with Crippen molar-refractivity contribution >= 4 is 11.8 Å². The number of benzene rings is 2. The van der Waals surface area contributed by atoms with Gasteiger partial charge in [0, 0.05) is 9.79 Å². The maximum atomic E-state index is 5.22. The molecule has 18 heavy (non-hydrogen) atoms. The minimum atomic E-state index is 0.915. The van der Waals surface area contributed by atoms with Gasteiger partial charge in [-0.25, -0.2) is 0 Å². The van der Waals surface area contributed by atoms with Gasteiger partial charge in [-0.1, -0.05) is 30.8 Å². The third-order valence-electron chi connectivity index (χ3n) is 2.94. The Labute approximate surface area is 113 Å². The lowest BCUT2D eigenvalue weighted by Crippen LogP contribution is -1.86. The lowest BCUT2D eigenvalue weighted by Gasteiger charge is -2.08. The Bertz CT molecular complexity index is 517. The van der Waals surface area contributed by atoms with Gasteiger partial charge in [0.1, 0.15) is 5.75 Å². The maximum absolute atomic E-state index is 5.22. The molecule has 0 atom stereocenters. The molecule has 0 saturated heterocycles. The van der Waals surface area contributed by atoms with Crippen LogP contribution in [0.5, 0.6) is 5.75 Å². The Morgan fingerprint density at radius 1 is 1.06 bits per heavy atom. The van der Waals surface area contributed by atoms with E-state index in [1.807, 2.05) is 6.07 Å². The molecule has 94 valence electrons. The molecule has 0 saturated carbocycles. The minimum absolute atomic E-state index is 0.915. The van der Waals surface area contributed by atoms with Crippen molar-refractivity contribution in [1.82, 2.24) is 0 Å². The molecule has 0 aliphatic carbocycles. The van der Waals surface area contributed by atoms with E-state index in [0.29, 0.717) is 0 Å². The Morgan fingerprint density at radius 3 is 2.33 bits per heavy atom. The fourth-order valence-electron chi connectivity index (χ4n) is 1.78. The first-order valence-electron chi connectivity index (χ1n) is 6.14. The largest absolute Gasteiger partial charge is 0.497 e. The average molecular weight is 258 g/mol. The zero-order valence-electron chi connectivity index (χ0n) is 11.1. The molecule has 0 spiro atoms.